The minimum Gasteiger partial charge on any atom is -0.453 e. The van der Waals surface area contributed by atoms with E-state index in [2.05, 4.69) is 13.8 Å². The van der Waals surface area contributed by atoms with Gasteiger partial charge in [-0.3, -0.25) is 4.79 Å². The van der Waals surface area contributed by atoms with Crippen molar-refractivity contribution in [3.8, 4) is 0 Å². The van der Waals surface area contributed by atoms with Gasteiger partial charge in [-0.25, -0.2) is 0 Å². The van der Waals surface area contributed by atoms with Crippen LogP contribution in [0.5, 0.6) is 0 Å². The molecule has 1 aromatic carbocycles. The number of hydrogen-bond acceptors (Lipinski definition) is 3. The lowest BCUT2D eigenvalue weighted by Crippen LogP contribution is -2.02. The van der Waals surface area contributed by atoms with E-state index in [1.54, 1.807) is 11.8 Å². The molecule has 0 atom stereocenters. The second-order valence-corrected chi connectivity index (χ2v) is 5.91. The molecule has 1 heterocycles. The van der Waals surface area contributed by atoms with Crippen LogP contribution in [-0.4, -0.2) is 17.3 Å². The molecular formula is C15H18O2S. The van der Waals surface area contributed by atoms with Crippen molar-refractivity contribution in [1.29, 1.82) is 0 Å². The van der Waals surface area contributed by atoms with Gasteiger partial charge in [0.1, 0.15) is 5.58 Å². The van der Waals surface area contributed by atoms with E-state index in [1.807, 2.05) is 30.3 Å². The number of carbonyl (C=O) groups is 1. The van der Waals surface area contributed by atoms with Gasteiger partial charge in [-0.05, 0) is 30.2 Å². The summed E-state index contributed by atoms with van der Waals surface area (Å²) in [6.45, 7) is 4.39. The highest BCUT2D eigenvalue weighted by molar-refractivity contribution is 7.99. The Labute approximate surface area is 112 Å². The maximum Gasteiger partial charge on any atom is 0.207 e. The highest BCUT2D eigenvalue weighted by Crippen LogP contribution is 2.20. The van der Waals surface area contributed by atoms with Gasteiger partial charge < -0.3 is 4.42 Å². The van der Waals surface area contributed by atoms with Crippen LogP contribution in [0, 0.1) is 5.92 Å². The number of fused-ring (bicyclic) bond motifs is 1. The second-order valence-electron chi connectivity index (χ2n) is 4.81. The van der Waals surface area contributed by atoms with Gasteiger partial charge in [0.15, 0.2) is 5.76 Å². The van der Waals surface area contributed by atoms with Crippen LogP contribution in [0.15, 0.2) is 34.7 Å². The molecule has 2 rings (SSSR count). The van der Waals surface area contributed by atoms with Crippen LogP contribution in [0.4, 0.5) is 0 Å². The van der Waals surface area contributed by atoms with Crippen molar-refractivity contribution < 1.29 is 9.21 Å². The molecule has 18 heavy (non-hydrogen) atoms. The topological polar surface area (TPSA) is 30.2 Å². The van der Waals surface area contributed by atoms with Gasteiger partial charge in [0, 0.05) is 5.39 Å². The summed E-state index contributed by atoms with van der Waals surface area (Å²) in [5.41, 5.74) is 0.785. The molecule has 0 aliphatic heterocycles. The molecule has 0 unspecified atom stereocenters. The molecule has 2 aromatic rings. The molecule has 2 nitrogen and oxygen atoms in total. The molecule has 0 spiro atoms. The Morgan fingerprint density at radius 3 is 2.83 bits per heavy atom. The molecule has 0 saturated heterocycles. The molecule has 0 fully saturated rings. The number of hydrogen-bond donors (Lipinski definition) is 0. The SMILES string of the molecule is CC(C)CCSCC(=O)c1cc2ccccc2o1. The van der Waals surface area contributed by atoms with E-state index >= 15 is 0 Å². The van der Waals surface area contributed by atoms with Gasteiger partial charge in [-0.1, -0.05) is 32.0 Å². The molecular weight excluding hydrogens is 244 g/mol. The Balaban J connectivity index is 1.92. The molecule has 0 N–H and O–H groups in total. The van der Waals surface area contributed by atoms with E-state index in [0.717, 1.165) is 23.1 Å². The highest BCUT2D eigenvalue weighted by Gasteiger charge is 2.11. The lowest BCUT2D eigenvalue weighted by Gasteiger charge is -2.02. The third-order valence-corrected chi connectivity index (χ3v) is 3.76. The second kappa shape index (κ2) is 6.10. The van der Waals surface area contributed by atoms with Crippen molar-refractivity contribution in [1.82, 2.24) is 0 Å². The molecule has 0 radical (unpaired) electrons. The smallest absolute Gasteiger partial charge is 0.207 e. The Bertz CT molecular complexity index is 495. The van der Waals surface area contributed by atoms with Crippen LogP contribution in [-0.2, 0) is 0 Å². The third-order valence-electron chi connectivity index (χ3n) is 2.77. The zero-order valence-corrected chi connectivity index (χ0v) is 11.6. The Kier molecular flexibility index (Phi) is 4.48. The van der Waals surface area contributed by atoms with Gasteiger partial charge in [0.25, 0.3) is 0 Å². The van der Waals surface area contributed by atoms with Gasteiger partial charge in [0.05, 0.1) is 5.75 Å². The number of thioether (sulfide) groups is 1. The number of carbonyl (C=O) groups excluding carboxylic acids is 1. The van der Waals surface area contributed by atoms with Gasteiger partial charge >= 0.3 is 0 Å². The van der Waals surface area contributed by atoms with E-state index < -0.39 is 0 Å². The quantitative estimate of drug-likeness (QED) is 0.571. The average molecular weight is 262 g/mol. The monoisotopic (exact) mass is 262 g/mol. The van der Waals surface area contributed by atoms with Gasteiger partial charge in [0.2, 0.25) is 5.78 Å². The molecule has 1 aromatic heterocycles. The Morgan fingerprint density at radius 2 is 2.11 bits per heavy atom. The number of ketones is 1. The Hall–Kier alpha value is -1.22. The summed E-state index contributed by atoms with van der Waals surface area (Å²) in [6.07, 6.45) is 1.15. The minimum absolute atomic E-state index is 0.0833. The molecule has 0 aliphatic rings. The van der Waals surface area contributed by atoms with E-state index in [1.165, 1.54) is 0 Å². The minimum atomic E-state index is 0.0833. The van der Waals surface area contributed by atoms with Crippen LogP contribution >= 0.6 is 11.8 Å². The molecule has 96 valence electrons. The summed E-state index contributed by atoms with van der Waals surface area (Å²) in [5.74, 6) is 2.79. The first-order chi connectivity index (χ1) is 8.66. The fourth-order valence-electron chi connectivity index (χ4n) is 1.67. The predicted octanol–water partition coefficient (Wildman–Crippen LogP) is 4.39. The summed E-state index contributed by atoms with van der Waals surface area (Å²) in [6, 6.07) is 9.54. The van der Waals surface area contributed by atoms with Crippen molar-refractivity contribution in [2.24, 2.45) is 5.92 Å². The normalized spacial score (nSPS) is 11.3. The van der Waals surface area contributed by atoms with Crippen molar-refractivity contribution in [2.75, 3.05) is 11.5 Å². The standard InChI is InChI=1S/C15H18O2S/c1-11(2)7-8-18-10-13(16)15-9-12-5-3-4-6-14(12)17-15/h3-6,9,11H,7-8,10H2,1-2H3. The number of Topliss-reactive ketones (excluding diaryl/α,β-unsaturated/α-hetero) is 1. The Morgan fingerprint density at radius 1 is 1.33 bits per heavy atom. The van der Waals surface area contributed by atoms with E-state index in [9.17, 15) is 4.79 Å². The van der Waals surface area contributed by atoms with Gasteiger partial charge in [-0.2, -0.15) is 11.8 Å². The van der Waals surface area contributed by atoms with Crippen molar-refractivity contribution in [2.45, 2.75) is 20.3 Å². The van der Waals surface area contributed by atoms with Crippen molar-refractivity contribution >= 4 is 28.5 Å². The molecule has 0 amide bonds. The zero-order valence-electron chi connectivity index (χ0n) is 10.8. The fraction of sp³-hybridized carbons (Fsp3) is 0.400. The lowest BCUT2D eigenvalue weighted by molar-refractivity contribution is 0.0994. The molecule has 0 aliphatic carbocycles. The largest absolute Gasteiger partial charge is 0.453 e. The van der Waals surface area contributed by atoms with Crippen LogP contribution in [0.1, 0.15) is 30.8 Å². The van der Waals surface area contributed by atoms with Crippen molar-refractivity contribution in [3.63, 3.8) is 0 Å². The first-order valence-electron chi connectivity index (χ1n) is 6.26. The van der Waals surface area contributed by atoms with Crippen LogP contribution in [0.2, 0.25) is 0 Å². The summed E-state index contributed by atoms with van der Waals surface area (Å²) >= 11 is 1.68. The number of rotatable bonds is 6. The van der Waals surface area contributed by atoms with Crippen LogP contribution < -0.4 is 0 Å². The fourth-order valence-corrected chi connectivity index (χ4v) is 2.78. The molecule has 0 saturated carbocycles. The number of furan rings is 1. The van der Waals surface area contributed by atoms with Crippen LogP contribution in [0.3, 0.4) is 0 Å². The maximum absolute atomic E-state index is 11.9. The number of benzene rings is 1. The lowest BCUT2D eigenvalue weighted by atomic mass is 10.2. The molecule has 0 bridgehead atoms. The first kappa shape index (κ1) is 13.2. The first-order valence-corrected chi connectivity index (χ1v) is 7.42. The van der Waals surface area contributed by atoms with Crippen LogP contribution in [0.25, 0.3) is 11.0 Å². The van der Waals surface area contributed by atoms with E-state index in [-0.39, 0.29) is 5.78 Å². The summed E-state index contributed by atoms with van der Waals surface area (Å²) in [4.78, 5) is 11.9. The number of para-hydroxylation sites is 1. The predicted molar refractivity (Wildman–Crippen MR) is 77.3 cm³/mol. The van der Waals surface area contributed by atoms with E-state index in [0.29, 0.717) is 17.4 Å². The average Bonchev–Trinajstić information content (AvgIpc) is 2.78. The summed E-state index contributed by atoms with van der Waals surface area (Å²) in [5, 5.41) is 0.994. The highest BCUT2D eigenvalue weighted by atomic mass is 32.2. The zero-order chi connectivity index (χ0) is 13.0. The molecule has 3 heteroatoms. The van der Waals surface area contributed by atoms with E-state index in [4.69, 9.17) is 4.42 Å². The third kappa shape index (κ3) is 3.39. The summed E-state index contributed by atoms with van der Waals surface area (Å²) in [7, 11) is 0. The summed E-state index contributed by atoms with van der Waals surface area (Å²) < 4.78 is 5.55. The van der Waals surface area contributed by atoms with Gasteiger partial charge in [-0.15, -0.1) is 0 Å². The van der Waals surface area contributed by atoms with Crippen molar-refractivity contribution in [3.05, 3.63) is 36.1 Å². The maximum atomic E-state index is 11.9.